The average Bonchev–Trinajstić information content (AvgIpc) is 2.53. The highest BCUT2D eigenvalue weighted by Crippen LogP contribution is 2.28. The van der Waals surface area contributed by atoms with Crippen molar-refractivity contribution in [3.05, 3.63) is 71.8 Å². The Hall–Kier alpha value is -2.00. The van der Waals surface area contributed by atoms with Crippen LogP contribution in [0.1, 0.15) is 30.9 Å². The molecular formula is C20H22. The minimum atomic E-state index is -0.0221. The molecule has 2 aromatic carbocycles. The van der Waals surface area contributed by atoms with Gasteiger partial charge in [-0.1, -0.05) is 60.7 Å². The summed E-state index contributed by atoms with van der Waals surface area (Å²) in [7, 11) is 0. The molecule has 0 nitrogen and oxygen atoms in total. The Morgan fingerprint density at radius 1 is 0.800 bits per heavy atom. The highest BCUT2D eigenvalue weighted by atomic mass is 14.2. The largest absolute Gasteiger partial charge is 0.120 e. The van der Waals surface area contributed by atoms with Crippen molar-refractivity contribution in [1.29, 1.82) is 0 Å². The first-order valence-corrected chi connectivity index (χ1v) is 7.27. The second-order valence-corrected chi connectivity index (χ2v) is 5.68. The quantitative estimate of drug-likeness (QED) is 0.650. The van der Waals surface area contributed by atoms with Crippen LogP contribution in [0, 0.1) is 17.8 Å². The molecule has 0 unspecified atom stereocenters. The molecule has 0 aliphatic carbocycles. The molecular weight excluding hydrogens is 240 g/mol. The van der Waals surface area contributed by atoms with E-state index in [0.717, 1.165) is 25.7 Å². The third-order valence-corrected chi connectivity index (χ3v) is 3.97. The Labute approximate surface area is 122 Å². The molecule has 0 amide bonds. The smallest absolute Gasteiger partial charge is 0.0290 e. The number of terminal acetylenes is 1. The average molecular weight is 262 g/mol. The normalized spacial score (nSPS) is 11.0. The van der Waals surface area contributed by atoms with E-state index in [2.05, 4.69) is 73.5 Å². The van der Waals surface area contributed by atoms with E-state index in [1.165, 1.54) is 11.1 Å². The zero-order chi connectivity index (χ0) is 14.3. The standard InChI is InChI=1S/C20H22/c1-3-20(2,16-14-18-10-6-4-7-11-18)17-15-19-12-8-5-9-13-19/h1,4-13H,14-17H2,2H3. The lowest BCUT2D eigenvalue weighted by Crippen LogP contribution is -2.16. The number of hydrogen-bond donors (Lipinski definition) is 0. The van der Waals surface area contributed by atoms with Crippen LogP contribution >= 0.6 is 0 Å². The van der Waals surface area contributed by atoms with E-state index in [4.69, 9.17) is 6.42 Å². The van der Waals surface area contributed by atoms with E-state index < -0.39 is 0 Å². The second kappa shape index (κ2) is 6.96. The van der Waals surface area contributed by atoms with Gasteiger partial charge in [-0.05, 0) is 43.7 Å². The molecule has 0 aliphatic heterocycles. The highest BCUT2D eigenvalue weighted by molar-refractivity contribution is 5.18. The van der Waals surface area contributed by atoms with Gasteiger partial charge in [0.25, 0.3) is 0 Å². The number of hydrogen-bond acceptors (Lipinski definition) is 0. The zero-order valence-electron chi connectivity index (χ0n) is 12.2. The Morgan fingerprint density at radius 3 is 1.55 bits per heavy atom. The van der Waals surface area contributed by atoms with E-state index in [1.54, 1.807) is 0 Å². The maximum Gasteiger partial charge on any atom is 0.0290 e. The number of benzene rings is 2. The third-order valence-electron chi connectivity index (χ3n) is 3.97. The fourth-order valence-electron chi connectivity index (χ4n) is 2.40. The summed E-state index contributed by atoms with van der Waals surface area (Å²) in [6.07, 6.45) is 9.97. The first-order chi connectivity index (χ1) is 9.72. The van der Waals surface area contributed by atoms with Gasteiger partial charge in [0.1, 0.15) is 0 Å². The van der Waals surface area contributed by atoms with E-state index in [-0.39, 0.29) is 5.41 Å². The Bertz CT molecular complexity index is 502. The van der Waals surface area contributed by atoms with Crippen molar-refractivity contribution >= 4 is 0 Å². The molecule has 0 aliphatic rings. The molecule has 0 saturated carbocycles. The lowest BCUT2D eigenvalue weighted by atomic mass is 9.80. The summed E-state index contributed by atoms with van der Waals surface area (Å²) in [6, 6.07) is 21.2. The lowest BCUT2D eigenvalue weighted by Gasteiger charge is -2.23. The topological polar surface area (TPSA) is 0 Å². The van der Waals surface area contributed by atoms with Crippen molar-refractivity contribution in [2.75, 3.05) is 0 Å². The molecule has 0 aromatic heterocycles. The molecule has 0 heteroatoms. The molecule has 0 N–H and O–H groups in total. The predicted molar refractivity (Wildman–Crippen MR) is 86.5 cm³/mol. The third kappa shape index (κ3) is 4.28. The van der Waals surface area contributed by atoms with Gasteiger partial charge in [0, 0.05) is 5.41 Å². The van der Waals surface area contributed by atoms with Gasteiger partial charge < -0.3 is 0 Å². The van der Waals surface area contributed by atoms with Crippen LogP contribution in [-0.4, -0.2) is 0 Å². The monoisotopic (exact) mass is 262 g/mol. The van der Waals surface area contributed by atoms with Crippen LogP contribution in [0.15, 0.2) is 60.7 Å². The summed E-state index contributed by atoms with van der Waals surface area (Å²) in [6.45, 7) is 2.21. The predicted octanol–water partition coefficient (Wildman–Crippen LogP) is 4.89. The maximum atomic E-state index is 5.79. The molecule has 0 bridgehead atoms. The van der Waals surface area contributed by atoms with Gasteiger partial charge in [0.05, 0.1) is 0 Å². The molecule has 0 spiro atoms. The molecule has 0 fully saturated rings. The van der Waals surface area contributed by atoms with Crippen LogP contribution < -0.4 is 0 Å². The van der Waals surface area contributed by atoms with Gasteiger partial charge in [-0.3, -0.25) is 0 Å². The van der Waals surface area contributed by atoms with Crippen molar-refractivity contribution in [3.8, 4) is 12.3 Å². The van der Waals surface area contributed by atoms with E-state index in [1.807, 2.05) is 0 Å². The van der Waals surface area contributed by atoms with Crippen LogP contribution in [-0.2, 0) is 12.8 Å². The summed E-state index contributed by atoms with van der Waals surface area (Å²) in [4.78, 5) is 0. The van der Waals surface area contributed by atoms with Crippen LogP contribution in [0.25, 0.3) is 0 Å². The van der Waals surface area contributed by atoms with E-state index in [0.29, 0.717) is 0 Å². The molecule has 2 rings (SSSR count). The molecule has 0 atom stereocenters. The summed E-state index contributed by atoms with van der Waals surface area (Å²) in [5.41, 5.74) is 2.72. The Balaban J connectivity index is 1.91. The zero-order valence-corrected chi connectivity index (χ0v) is 12.2. The summed E-state index contributed by atoms with van der Waals surface area (Å²) < 4.78 is 0. The van der Waals surface area contributed by atoms with Crippen LogP contribution in [0.4, 0.5) is 0 Å². The lowest BCUT2D eigenvalue weighted by molar-refractivity contribution is 0.379. The first kappa shape index (κ1) is 14.4. The molecule has 0 heterocycles. The van der Waals surface area contributed by atoms with Crippen LogP contribution in [0.2, 0.25) is 0 Å². The van der Waals surface area contributed by atoms with Crippen molar-refractivity contribution in [2.24, 2.45) is 5.41 Å². The fraction of sp³-hybridized carbons (Fsp3) is 0.300. The highest BCUT2D eigenvalue weighted by Gasteiger charge is 2.20. The molecule has 2 aromatic rings. The maximum absolute atomic E-state index is 5.79. The van der Waals surface area contributed by atoms with Crippen molar-refractivity contribution in [1.82, 2.24) is 0 Å². The van der Waals surface area contributed by atoms with Gasteiger partial charge in [-0.2, -0.15) is 0 Å². The number of rotatable bonds is 6. The molecule has 20 heavy (non-hydrogen) atoms. The second-order valence-electron chi connectivity index (χ2n) is 5.68. The first-order valence-electron chi connectivity index (χ1n) is 7.27. The van der Waals surface area contributed by atoms with Gasteiger partial charge >= 0.3 is 0 Å². The Morgan fingerprint density at radius 2 is 1.20 bits per heavy atom. The van der Waals surface area contributed by atoms with Crippen LogP contribution in [0.3, 0.4) is 0 Å². The SMILES string of the molecule is C#CC(C)(CCc1ccccc1)CCc1ccccc1. The summed E-state index contributed by atoms with van der Waals surface area (Å²) in [5, 5.41) is 0. The van der Waals surface area contributed by atoms with Gasteiger partial charge in [-0.25, -0.2) is 0 Å². The minimum absolute atomic E-state index is 0.0221. The molecule has 102 valence electrons. The van der Waals surface area contributed by atoms with Crippen molar-refractivity contribution in [3.63, 3.8) is 0 Å². The fourth-order valence-corrected chi connectivity index (χ4v) is 2.40. The summed E-state index contributed by atoms with van der Waals surface area (Å²) >= 11 is 0. The van der Waals surface area contributed by atoms with E-state index >= 15 is 0 Å². The van der Waals surface area contributed by atoms with Gasteiger partial charge in [-0.15, -0.1) is 12.3 Å². The molecule has 0 saturated heterocycles. The summed E-state index contributed by atoms with van der Waals surface area (Å²) in [5.74, 6) is 3.02. The van der Waals surface area contributed by atoms with Crippen molar-refractivity contribution in [2.45, 2.75) is 32.6 Å². The molecule has 0 radical (unpaired) electrons. The number of aryl methyl sites for hydroxylation is 2. The van der Waals surface area contributed by atoms with Gasteiger partial charge in [0.2, 0.25) is 0 Å². The minimum Gasteiger partial charge on any atom is -0.120 e. The van der Waals surface area contributed by atoms with Crippen LogP contribution in [0.5, 0.6) is 0 Å². The Kier molecular flexibility index (Phi) is 5.02. The van der Waals surface area contributed by atoms with E-state index in [9.17, 15) is 0 Å². The van der Waals surface area contributed by atoms with Gasteiger partial charge in [0.15, 0.2) is 0 Å². The van der Waals surface area contributed by atoms with Crippen molar-refractivity contribution < 1.29 is 0 Å².